The Kier molecular flexibility index (Phi) is 4.96. The molecule has 0 aromatic heterocycles. The molecule has 5 nitrogen and oxygen atoms in total. The first-order chi connectivity index (χ1) is 10.1. The molecule has 1 heterocycles. The van der Waals surface area contributed by atoms with Gasteiger partial charge in [0, 0.05) is 37.3 Å². The predicted molar refractivity (Wildman–Crippen MR) is 80.2 cm³/mol. The molecule has 2 rings (SSSR count). The minimum Gasteiger partial charge on any atom is -0.391 e. The lowest BCUT2D eigenvalue weighted by atomic mass is 10.1. The molecule has 0 radical (unpaired) electrons. The van der Waals surface area contributed by atoms with E-state index in [1.807, 2.05) is 13.8 Å². The molecule has 0 bridgehead atoms. The van der Waals surface area contributed by atoms with E-state index in [9.17, 15) is 14.7 Å². The Morgan fingerprint density at radius 1 is 1.19 bits per heavy atom. The van der Waals surface area contributed by atoms with Gasteiger partial charge in [0.1, 0.15) is 0 Å². The number of aliphatic hydroxyl groups is 1. The third-order valence-corrected chi connectivity index (χ3v) is 3.88. The summed E-state index contributed by atoms with van der Waals surface area (Å²) in [6.07, 6.45) is 0.210. The first-order valence-corrected chi connectivity index (χ1v) is 7.43. The highest BCUT2D eigenvalue weighted by Crippen LogP contribution is 2.15. The van der Waals surface area contributed by atoms with E-state index < -0.39 is 6.10 Å². The molecule has 114 valence electrons. The summed E-state index contributed by atoms with van der Waals surface area (Å²) in [6.45, 7) is 6.19. The third kappa shape index (κ3) is 3.42. The van der Waals surface area contributed by atoms with Crippen molar-refractivity contribution in [3.63, 3.8) is 0 Å². The zero-order valence-corrected chi connectivity index (χ0v) is 12.6. The number of likely N-dealkylation sites (tertiary alicyclic amines) is 1. The van der Waals surface area contributed by atoms with Gasteiger partial charge in [-0.05, 0) is 44.5 Å². The van der Waals surface area contributed by atoms with E-state index >= 15 is 0 Å². The predicted octanol–water partition coefficient (Wildman–Crippen LogP) is 1.38. The first kappa shape index (κ1) is 15.5. The third-order valence-electron chi connectivity index (χ3n) is 3.88. The van der Waals surface area contributed by atoms with Crippen molar-refractivity contribution in [3.8, 4) is 0 Å². The number of nitrogens with zero attached hydrogens (tertiary/aromatic N) is 2. The molecule has 1 aliphatic heterocycles. The van der Waals surface area contributed by atoms with Crippen LogP contribution in [0.3, 0.4) is 0 Å². The van der Waals surface area contributed by atoms with Crippen molar-refractivity contribution in [2.75, 3.05) is 26.2 Å². The molecule has 1 atom stereocenters. The van der Waals surface area contributed by atoms with Crippen molar-refractivity contribution >= 4 is 11.8 Å². The molecule has 1 aromatic carbocycles. The van der Waals surface area contributed by atoms with Crippen LogP contribution in [-0.2, 0) is 0 Å². The number of hydrogen-bond donors (Lipinski definition) is 1. The minimum absolute atomic E-state index is 0.0180. The number of benzene rings is 1. The summed E-state index contributed by atoms with van der Waals surface area (Å²) in [6, 6.07) is 6.76. The number of carbonyl (C=O) groups excluding carboxylic acids is 2. The van der Waals surface area contributed by atoms with Crippen molar-refractivity contribution < 1.29 is 14.7 Å². The number of hydrogen-bond acceptors (Lipinski definition) is 3. The molecular formula is C16H22N2O3. The average Bonchev–Trinajstić information content (AvgIpc) is 2.94. The van der Waals surface area contributed by atoms with Crippen LogP contribution in [0, 0.1) is 0 Å². The first-order valence-electron chi connectivity index (χ1n) is 7.43. The van der Waals surface area contributed by atoms with Gasteiger partial charge in [0.25, 0.3) is 11.8 Å². The van der Waals surface area contributed by atoms with Crippen molar-refractivity contribution in [2.24, 2.45) is 0 Å². The molecule has 5 heteroatoms. The minimum atomic E-state index is -0.419. The summed E-state index contributed by atoms with van der Waals surface area (Å²) in [4.78, 5) is 27.8. The average molecular weight is 290 g/mol. The second-order valence-electron chi connectivity index (χ2n) is 5.25. The molecule has 0 saturated carbocycles. The lowest BCUT2D eigenvalue weighted by molar-refractivity contribution is 0.0757. The van der Waals surface area contributed by atoms with Crippen LogP contribution < -0.4 is 0 Å². The molecule has 1 fully saturated rings. The molecule has 0 spiro atoms. The van der Waals surface area contributed by atoms with E-state index in [1.165, 1.54) is 0 Å². The van der Waals surface area contributed by atoms with Gasteiger partial charge < -0.3 is 14.9 Å². The van der Waals surface area contributed by atoms with Crippen LogP contribution >= 0.6 is 0 Å². The van der Waals surface area contributed by atoms with E-state index in [4.69, 9.17) is 0 Å². The monoisotopic (exact) mass is 290 g/mol. The number of β-amino-alcohol motifs (C(OH)–C–C–N with tert-alkyl or cyclic N) is 1. The topological polar surface area (TPSA) is 60.9 Å². The van der Waals surface area contributed by atoms with Crippen LogP contribution in [0.4, 0.5) is 0 Å². The lowest BCUT2D eigenvalue weighted by Gasteiger charge is -2.19. The van der Waals surface area contributed by atoms with E-state index in [2.05, 4.69) is 0 Å². The van der Waals surface area contributed by atoms with Gasteiger partial charge in [-0.3, -0.25) is 9.59 Å². The Morgan fingerprint density at radius 2 is 1.76 bits per heavy atom. The Bertz CT molecular complexity index is 509. The molecule has 1 aliphatic rings. The standard InChI is InChI=1S/C16H22N2O3/c1-3-17(4-2)15(20)12-5-7-13(8-6-12)16(21)18-10-9-14(19)11-18/h5-8,14,19H,3-4,9-11H2,1-2H3/t14-/m1/s1. The van der Waals surface area contributed by atoms with E-state index in [0.717, 1.165) is 0 Å². The van der Waals surface area contributed by atoms with Gasteiger partial charge in [0.2, 0.25) is 0 Å². The number of amides is 2. The SMILES string of the molecule is CCN(CC)C(=O)c1ccc(C(=O)N2CC[C@@H](O)C2)cc1. The normalized spacial score (nSPS) is 17.9. The lowest BCUT2D eigenvalue weighted by Crippen LogP contribution is -2.31. The molecule has 0 aliphatic carbocycles. The van der Waals surface area contributed by atoms with Crippen LogP contribution in [0.15, 0.2) is 24.3 Å². The zero-order valence-electron chi connectivity index (χ0n) is 12.6. The Balaban J connectivity index is 2.08. The van der Waals surface area contributed by atoms with Crippen LogP contribution in [-0.4, -0.2) is 59.0 Å². The maximum atomic E-state index is 12.2. The number of rotatable bonds is 4. The van der Waals surface area contributed by atoms with Crippen molar-refractivity contribution in [3.05, 3.63) is 35.4 Å². The van der Waals surface area contributed by atoms with Crippen LogP contribution in [0.1, 0.15) is 41.0 Å². The van der Waals surface area contributed by atoms with E-state index in [-0.39, 0.29) is 11.8 Å². The zero-order chi connectivity index (χ0) is 15.4. The van der Waals surface area contributed by atoms with Crippen molar-refractivity contribution in [1.82, 2.24) is 9.80 Å². The summed E-state index contributed by atoms with van der Waals surface area (Å²) in [5.74, 6) is -0.107. The van der Waals surface area contributed by atoms with Gasteiger partial charge in [0.05, 0.1) is 6.10 Å². The second-order valence-corrected chi connectivity index (χ2v) is 5.25. The molecular weight excluding hydrogens is 268 g/mol. The van der Waals surface area contributed by atoms with E-state index in [1.54, 1.807) is 34.1 Å². The summed E-state index contributed by atoms with van der Waals surface area (Å²) < 4.78 is 0. The summed E-state index contributed by atoms with van der Waals surface area (Å²) in [7, 11) is 0. The molecule has 21 heavy (non-hydrogen) atoms. The fourth-order valence-corrected chi connectivity index (χ4v) is 2.56. The maximum Gasteiger partial charge on any atom is 0.253 e. The van der Waals surface area contributed by atoms with Crippen LogP contribution in [0.5, 0.6) is 0 Å². The summed E-state index contributed by atoms with van der Waals surface area (Å²) in [5.41, 5.74) is 1.15. The largest absolute Gasteiger partial charge is 0.391 e. The van der Waals surface area contributed by atoms with Crippen molar-refractivity contribution in [1.29, 1.82) is 0 Å². The fraction of sp³-hybridized carbons (Fsp3) is 0.500. The van der Waals surface area contributed by atoms with Crippen molar-refractivity contribution in [2.45, 2.75) is 26.4 Å². The summed E-state index contributed by atoms with van der Waals surface area (Å²) in [5, 5.41) is 9.48. The Labute approximate surface area is 125 Å². The van der Waals surface area contributed by atoms with Gasteiger partial charge in [0.15, 0.2) is 0 Å². The van der Waals surface area contributed by atoms with Gasteiger partial charge >= 0.3 is 0 Å². The van der Waals surface area contributed by atoms with Gasteiger partial charge in [-0.2, -0.15) is 0 Å². The van der Waals surface area contributed by atoms with Gasteiger partial charge in [-0.15, -0.1) is 0 Å². The Hall–Kier alpha value is -1.88. The highest BCUT2D eigenvalue weighted by atomic mass is 16.3. The molecule has 1 N–H and O–H groups in total. The number of carbonyl (C=O) groups is 2. The smallest absolute Gasteiger partial charge is 0.253 e. The summed E-state index contributed by atoms with van der Waals surface area (Å²) >= 11 is 0. The molecule has 1 aromatic rings. The van der Waals surface area contributed by atoms with E-state index in [0.29, 0.717) is 43.7 Å². The highest BCUT2D eigenvalue weighted by Gasteiger charge is 2.25. The van der Waals surface area contributed by atoms with Crippen LogP contribution in [0.25, 0.3) is 0 Å². The number of aliphatic hydroxyl groups excluding tert-OH is 1. The van der Waals surface area contributed by atoms with Gasteiger partial charge in [-0.1, -0.05) is 0 Å². The van der Waals surface area contributed by atoms with Crippen LogP contribution in [0.2, 0.25) is 0 Å². The molecule has 1 saturated heterocycles. The van der Waals surface area contributed by atoms with Gasteiger partial charge in [-0.25, -0.2) is 0 Å². The Morgan fingerprint density at radius 3 is 2.24 bits per heavy atom. The fourth-order valence-electron chi connectivity index (χ4n) is 2.56. The molecule has 2 amide bonds. The maximum absolute atomic E-state index is 12.2. The highest BCUT2D eigenvalue weighted by molar-refractivity contribution is 5.97. The quantitative estimate of drug-likeness (QED) is 0.911. The molecule has 0 unspecified atom stereocenters. The second kappa shape index (κ2) is 6.72.